The van der Waals surface area contributed by atoms with E-state index in [0.717, 1.165) is 5.56 Å². The molecule has 0 N–H and O–H groups in total. The molecule has 1 aromatic carbocycles. The van der Waals surface area contributed by atoms with Crippen LogP contribution in [0.5, 0.6) is 11.6 Å². The average molecular weight is 278 g/mol. The molecule has 19 heavy (non-hydrogen) atoms. The van der Waals surface area contributed by atoms with Crippen molar-refractivity contribution in [2.45, 2.75) is 13.5 Å². The fourth-order valence-corrected chi connectivity index (χ4v) is 1.67. The molecule has 0 aliphatic rings. The molecule has 2 aromatic rings. The fraction of sp³-hybridized carbons (Fsp3) is 0.143. The number of carbonyl (C=O) groups is 1. The Hall–Kier alpha value is -2.07. The van der Waals surface area contributed by atoms with Crippen LogP contribution in [0.1, 0.15) is 12.5 Å². The largest absolute Gasteiger partial charge is 0.489 e. The van der Waals surface area contributed by atoms with Crippen molar-refractivity contribution in [1.82, 2.24) is 4.98 Å². The van der Waals surface area contributed by atoms with Gasteiger partial charge in [-0.3, -0.25) is 4.79 Å². The van der Waals surface area contributed by atoms with Gasteiger partial charge in [0.1, 0.15) is 17.5 Å². The first-order chi connectivity index (χ1) is 9.13. The second-order valence-electron chi connectivity index (χ2n) is 3.83. The van der Waals surface area contributed by atoms with Crippen LogP contribution < -0.4 is 9.47 Å². The molecule has 0 atom stereocenters. The van der Waals surface area contributed by atoms with Gasteiger partial charge in [-0.2, -0.15) is 0 Å². The molecule has 2 rings (SSSR count). The summed E-state index contributed by atoms with van der Waals surface area (Å²) < 4.78 is 10.5. The standard InChI is InChI=1S/C14H12ClNO3/c1-10(17)19-14-8-12(7-13(15)16-14)18-9-11-5-3-2-4-6-11/h2-8H,9H2,1H3. The molecule has 0 radical (unpaired) electrons. The summed E-state index contributed by atoms with van der Waals surface area (Å²) in [6.07, 6.45) is 0. The SMILES string of the molecule is CC(=O)Oc1cc(OCc2ccccc2)cc(Cl)n1. The van der Waals surface area contributed by atoms with Gasteiger partial charge in [0, 0.05) is 19.1 Å². The molecule has 5 heteroatoms. The molecule has 0 spiro atoms. The highest BCUT2D eigenvalue weighted by Gasteiger charge is 2.06. The molecule has 0 amide bonds. The van der Waals surface area contributed by atoms with E-state index in [4.69, 9.17) is 21.1 Å². The third kappa shape index (κ3) is 4.26. The number of halogens is 1. The second-order valence-corrected chi connectivity index (χ2v) is 4.22. The van der Waals surface area contributed by atoms with E-state index in [2.05, 4.69) is 4.98 Å². The Morgan fingerprint density at radius 1 is 1.26 bits per heavy atom. The highest BCUT2D eigenvalue weighted by molar-refractivity contribution is 6.29. The maximum atomic E-state index is 10.9. The Balaban J connectivity index is 2.07. The summed E-state index contributed by atoms with van der Waals surface area (Å²) in [4.78, 5) is 14.7. The number of hydrogen-bond donors (Lipinski definition) is 0. The summed E-state index contributed by atoms with van der Waals surface area (Å²) in [5, 5.41) is 0.210. The van der Waals surface area contributed by atoms with Crippen LogP contribution in [0.3, 0.4) is 0 Å². The summed E-state index contributed by atoms with van der Waals surface area (Å²) >= 11 is 5.83. The zero-order valence-electron chi connectivity index (χ0n) is 10.3. The maximum Gasteiger partial charge on any atom is 0.309 e. The first-order valence-electron chi connectivity index (χ1n) is 5.66. The summed E-state index contributed by atoms with van der Waals surface area (Å²) in [6.45, 7) is 1.70. The highest BCUT2D eigenvalue weighted by atomic mass is 35.5. The summed E-state index contributed by atoms with van der Waals surface area (Å²) in [6, 6.07) is 12.8. The van der Waals surface area contributed by atoms with Crippen LogP contribution in [0.2, 0.25) is 5.15 Å². The smallest absolute Gasteiger partial charge is 0.309 e. The molecule has 0 unspecified atom stereocenters. The summed E-state index contributed by atoms with van der Waals surface area (Å²) in [5.41, 5.74) is 1.03. The number of ether oxygens (including phenoxy) is 2. The van der Waals surface area contributed by atoms with Gasteiger partial charge in [-0.05, 0) is 5.56 Å². The van der Waals surface area contributed by atoms with Crippen molar-refractivity contribution in [2.24, 2.45) is 0 Å². The van der Waals surface area contributed by atoms with Gasteiger partial charge in [-0.15, -0.1) is 0 Å². The number of benzene rings is 1. The van der Waals surface area contributed by atoms with E-state index >= 15 is 0 Å². The third-order valence-electron chi connectivity index (χ3n) is 2.24. The monoisotopic (exact) mass is 277 g/mol. The minimum Gasteiger partial charge on any atom is -0.489 e. The van der Waals surface area contributed by atoms with Crippen molar-refractivity contribution in [2.75, 3.05) is 0 Å². The normalized spacial score (nSPS) is 10.0. The summed E-state index contributed by atoms with van der Waals surface area (Å²) in [5.74, 6) is 0.173. The van der Waals surface area contributed by atoms with Crippen molar-refractivity contribution in [3.05, 3.63) is 53.2 Å². The van der Waals surface area contributed by atoms with Crippen molar-refractivity contribution in [1.29, 1.82) is 0 Å². The number of carbonyl (C=O) groups excluding carboxylic acids is 1. The van der Waals surface area contributed by atoms with E-state index in [1.165, 1.54) is 13.0 Å². The molecular weight excluding hydrogens is 266 g/mol. The van der Waals surface area contributed by atoms with Crippen molar-refractivity contribution in [3.63, 3.8) is 0 Å². The van der Waals surface area contributed by atoms with Gasteiger partial charge < -0.3 is 9.47 Å². The van der Waals surface area contributed by atoms with E-state index in [9.17, 15) is 4.79 Å². The third-order valence-corrected chi connectivity index (χ3v) is 2.43. The zero-order chi connectivity index (χ0) is 13.7. The predicted molar refractivity (Wildman–Crippen MR) is 71.3 cm³/mol. The van der Waals surface area contributed by atoms with Crippen LogP contribution in [0.15, 0.2) is 42.5 Å². The van der Waals surface area contributed by atoms with E-state index < -0.39 is 5.97 Å². The Morgan fingerprint density at radius 3 is 2.68 bits per heavy atom. The lowest BCUT2D eigenvalue weighted by Crippen LogP contribution is -2.04. The number of nitrogens with zero attached hydrogens (tertiary/aromatic N) is 1. The van der Waals surface area contributed by atoms with Gasteiger partial charge in [0.15, 0.2) is 0 Å². The molecule has 0 saturated heterocycles. The first-order valence-corrected chi connectivity index (χ1v) is 6.04. The zero-order valence-corrected chi connectivity index (χ0v) is 11.1. The minimum atomic E-state index is -0.455. The molecule has 0 aliphatic carbocycles. The van der Waals surface area contributed by atoms with Crippen LogP contribution in [-0.4, -0.2) is 11.0 Å². The molecule has 0 saturated carbocycles. The van der Waals surface area contributed by atoms with Crippen molar-refractivity contribution in [3.8, 4) is 11.6 Å². The Bertz CT molecular complexity index is 572. The van der Waals surface area contributed by atoms with Gasteiger partial charge in [0.2, 0.25) is 5.88 Å². The number of aromatic nitrogens is 1. The van der Waals surface area contributed by atoms with Crippen LogP contribution in [0.25, 0.3) is 0 Å². The van der Waals surface area contributed by atoms with E-state index in [1.54, 1.807) is 6.07 Å². The van der Waals surface area contributed by atoms with Gasteiger partial charge in [0.05, 0.1) is 0 Å². The molecule has 1 aromatic heterocycles. The molecule has 98 valence electrons. The average Bonchev–Trinajstić information content (AvgIpc) is 2.36. The van der Waals surface area contributed by atoms with E-state index in [-0.39, 0.29) is 11.0 Å². The lowest BCUT2D eigenvalue weighted by Gasteiger charge is -2.08. The van der Waals surface area contributed by atoms with Crippen molar-refractivity contribution < 1.29 is 14.3 Å². The fourth-order valence-electron chi connectivity index (χ4n) is 1.47. The second kappa shape index (κ2) is 6.20. The Labute approximate surface area is 115 Å². The number of esters is 1. The van der Waals surface area contributed by atoms with Gasteiger partial charge >= 0.3 is 5.97 Å². The van der Waals surface area contributed by atoms with Gasteiger partial charge in [0.25, 0.3) is 0 Å². The van der Waals surface area contributed by atoms with E-state index in [0.29, 0.717) is 12.4 Å². The molecule has 0 fully saturated rings. The van der Waals surface area contributed by atoms with Gasteiger partial charge in [-0.1, -0.05) is 41.9 Å². The van der Waals surface area contributed by atoms with Crippen LogP contribution in [0.4, 0.5) is 0 Å². The lowest BCUT2D eigenvalue weighted by atomic mass is 10.2. The quantitative estimate of drug-likeness (QED) is 0.636. The number of rotatable bonds is 4. The Morgan fingerprint density at radius 2 is 2.00 bits per heavy atom. The van der Waals surface area contributed by atoms with Crippen LogP contribution in [-0.2, 0) is 11.4 Å². The molecule has 4 nitrogen and oxygen atoms in total. The molecule has 0 bridgehead atoms. The molecular formula is C14H12ClNO3. The van der Waals surface area contributed by atoms with E-state index in [1.807, 2.05) is 30.3 Å². The van der Waals surface area contributed by atoms with Crippen LogP contribution >= 0.6 is 11.6 Å². The predicted octanol–water partition coefficient (Wildman–Crippen LogP) is 3.24. The topological polar surface area (TPSA) is 48.4 Å². The minimum absolute atomic E-state index is 0.128. The highest BCUT2D eigenvalue weighted by Crippen LogP contribution is 2.23. The number of pyridine rings is 1. The maximum absolute atomic E-state index is 10.9. The first kappa shape index (κ1) is 13.4. The van der Waals surface area contributed by atoms with Gasteiger partial charge in [-0.25, -0.2) is 4.98 Å². The number of hydrogen-bond acceptors (Lipinski definition) is 4. The summed E-state index contributed by atoms with van der Waals surface area (Å²) in [7, 11) is 0. The lowest BCUT2D eigenvalue weighted by molar-refractivity contribution is -0.132. The van der Waals surface area contributed by atoms with Crippen molar-refractivity contribution >= 4 is 17.6 Å². The molecule has 0 aliphatic heterocycles. The Kier molecular flexibility index (Phi) is 4.36. The molecule has 1 heterocycles. The van der Waals surface area contributed by atoms with Crippen LogP contribution in [0, 0.1) is 0 Å².